The molecule has 0 aliphatic rings. The summed E-state index contributed by atoms with van der Waals surface area (Å²) in [4.78, 5) is 35.3. The first kappa shape index (κ1) is 18.0. The second-order valence-electron chi connectivity index (χ2n) is 4.83. The minimum atomic E-state index is -0.935. The van der Waals surface area contributed by atoms with E-state index in [0.29, 0.717) is 23.6 Å². The number of benzene rings is 1. The zero-order chi connectivity index (χ0) is 16.5. The molecule has 120 valence electrons. The van der Waals surface area contributed by atoms with Crippen molar-refractivity contribution in [2.24, 2.45) is 0 Å². The molecule has 0 saturated heterocycles. The Kier molecular flexibility index (Phi) is 7.39. The van der Waals surface area contributed by atoms with Gasteiger partial charge in [0.05, 0.1) is 6.42 Å². The number of carbonyl (C=O) groups excluding carboxylic acids is 2. The summed E-state index contributed by atoms with van der Waals surface area (Å²) in [6, 6.07) is 6.53. The Morgan fingerprint density at radius 3 is 2.41 bits per heavy atom. The van der Waals surface area contributed by atoms with E-state index in [4.69, 9.17) is 16.7 Å². The van der Waals surface area contributed by atoms with Crippen molar-refractivity contribution in [1.29, 1.82) is 0 Å². The van der Waals surface area contributed by atoms with E-state index in [9.17, 15) is 14.4 Å². The maximum absolute atomic E-state index is 11.8. The van der Waals surface area contributed by atoms with Gasteiger partial charge in [-0.3, -0.25) is 14.4 Å². The van der Waals surface area contributed by atoms with Crippen molar-refractivity contribution in [2.75, 3.05) is 20.1 Å². The predicted molar refractivity (Wildman–Crippen MR) is 82.9 cm³/mol. The number of carboxylic acid groups (broad SMARTS) is 1. The van der Waals surface area contributed by atoms with Crippen LogP contribution in [0.3, 0.4) is 0 Å². The van der Waals surface area contributed by atoms with Crippen molar-refractivity contribution < 1.29 is 19.5 Å². The molecule has 6 nitrogen and oxygen atoms in total. The van der Waals surface area contributed by atoms with Crippen LogP contribution in [0.1, 0.15) is 29.6 Å². The highest BCUT2D eigenvalue weighted by Crippen LogP contribution is 2.09. The van der Waals surface area contributed by atoms with Gasteiger partial charge in [-0.1, -0.05) is 11.6 Å². The van der Waals surface area contributed by atoms with Crippen LogP contribution in [0, 0.1) is 0 Å². The molecule has 0 spiro atoms. The number of rotatable bonds is 8. The molecule has 0 saturated carbocycles. The molecule has 22 heavy (non-hydrogen) atoms. The molecule has 0 fully saturated rings. The van der Waals surface area contributed by atoms with E-state index in [1.807, 2.05) is 0 Å². The van der Waals surface area contributed by atoms with Crippen LogP contribution < -0.4 is 5.32 Å². The molecule has 7 heteroatoms. The largest absolute Gasteiger partial charge is 0.481 e. The summed E-state index contributed by atoms with van der Waals surface area (Å²) in [5.41, 5.74) is 0.509. The summed E-state index contributed by atoms with van der Waals surface area (Å²) in [7, 11) is 1.57. The van der Waals surface area contributed by atoms with Gasteiger partial charge in [0.2, 0.25) is 5.91 Å². The third kappa shape index (κ3) is 6.58. The summed E-state index contributed by atoms with van der Waals surface area (Å²) >= 11 is 5.74. The Balaban J connectivity index is 2.24. The van der Waals surface area contributed by atoms with E-state index in [1.54, 1.807) is 31.3 Å². The summed E-state index contributed by atoms with van der Waals surface area (Å²) in [6.07, 6.45) is 0.683. The van der Waals surface area contributed by atoms with Gasteiger partial charge in [-0.2, -0.15) is 0 Å². The van der Waals surface area contributed by atoms with E-state index in [2.05, 4.69) is 5.32 Å². The predicted octanol–water partition coefficient (Wildman–Crippen LogP) is 1.78. The van der Waals surface area contributed by atoms with Crippen LogP contribution in [-0.4, -0.2) is 47.9 Å². The maximum Gasteiger partial charge on any atom is 0.305 e. The number of nitrogens with one attached hydrogen (secondary N) is 1. The molecule has 0 aromatic heterocycles. The summed E-state index contributed by atoms with van der Waals surface area (Å²) in [5, 5.41) is 11.8. The first-order chi connectivity index (χ1) is 10.4. The molecule has 0 unspecified atom stereocenters. The van der Waals surface area contributed by atoms with E-state index in [1.165, 1.54) is 4.90 Å². The molecular weight excluding hydrogens is 308 g/mol. The molecule has 0 heterocycles. The summed E-state index contributed by atoms with van der Waals surface area (Å²) in [5.74, 6) is -1.29. The highest BCUT2D eigenvalue weighted by molar-refractivity contribution is 6.30. The second-order valence-corrected chi connectivity index (χ2v) is 5.26. The highest BCUT2D eigenvalue weighted by Gasteiger charge is 2.10. The number of nitrogens with zero attached hydrogens (tertiary/aromatic N) is 1. The van der Waals surface area contributed by atoms with Crippen molar-refractivity contribution in [3.05, 3.63) is 34.9 Å². The van der Waals surface area contributed by atoms with E-state index >= 15 is 0 Å². The molecule has 1 aromatic carbocycles. The first-order valence-corrected chi connectivity index (χ1v) is 7.27. The van der Waals surface area contributed by atoms with Crippen molar-refractivity contribution in [1.82, 2.24) is 10.2 Å². The topological polar surface area (TPSA) is 86.7 Å². The van der Waals surface area contributed by atoms with E-state index < -0.39 is 5.97 Å². The zero-order valence-electron chi connectivity index (χ0n) is 12.3. The number of hydrogen-bond donors (Lipinski definition) is 2. The van der Waals surface area contributed by atoms with Crippen molar-refractivity contribution in [2.45, 2.75) is 19.3 Å². The number of halogens is 1. The van der Waals surface area contributed by atoms with Crippen LogP contribution in [0.2, 0.25) is 5.02 Å². The molecule has 2 amide bonds. The Labute approximate surface area is 134 Å². The van der Waals surface area contributed by atoms with Gasteiger partial charge in [0.15, 0.2) is 0 Å². The summed E-state index contributed by atoms with van der Waals surface area (Å²) < 4.78 is 0. The molecule has 0 bridgehead atoms. The normalized spacial score (nSPS) is 10.1. The van der Waals surface area contributed by atoms with Crippen LogP contribution >= 0.6 is 11.6 Å². The highest BCUT2D eigenvalue weighted by atomic mass is 35.5. The lowest BCUT2D eigenvalue weighted by Gasteiger charge is -2.15. The van der Waals surface area contributed by atoms with Crippen LogP contribution in [0.4, 0.5) is 0 Å². The van der Waals surface area contributed by atoms with Gasteiger partial charge in [0, 0.05) is 37.1 Å². The monoisotopic (exact) mass is 326 g/mol. The van der Waals surface area contributed by atoms with Gasteiger partial charge in [0.1, 0.15) is 0 Å². The van der Waals surface area contributed by atoms with Gasteiger partial charge >= 0.3 is 5.97 Å². The van der Waals surface area contributed by atoms with E-state index in [-0.39, 0.29) is 31.2 Å². The second kappa shape index (κ2) is 9.04. The minimum absolute atomic E-state index is 0.0739. The average Bonchev–Trinajstić information content (AvgIpc) is 2.49. The minimum Gasteiger partial charge on any atom is -0.481 e. The van der Waals surface area contributed by atoms with Crippen LogP contribution in [0.15, 0.2) is 24.3 Å². The Morgan fingerprint density at radius 1 is 1.18 bits per heavy atom. The molecule has 0 radical (unpaired) electrons. The number of amides is 2. The van der Waals surface area contributed by atoms with Crippen molar-refractivity contribution in [3.63, 3.8) is 0 Å². The van der Waals surface area contributed by atoms with Crippen molar-refractivity contribution >= 4 is 29.4 Å². The van der Waals surface area contributed by atoms with Gasteiger partial charge in [-0.15, -0.1) is 0 Å². The number of hydrogen-bond acceptors (Lipinski definition) is 3. The smallest absolute Gasteiger partial charge is 0.305 e. The third-order valence-corrected chi connectivity index (χ3v) is 3.30. The lowest BCUT2D eigenvalue weighted by molar-refractivity contribution is -0.138. The molecule has 0 atom stereocenters. The number of carbonyl (C=O) groups is 3. The quantitative estimate of drug-likeness (QED) is 0.713. The van der Waals surface area contributed by atoms with Gasteiger partial charge in [-0.25, -0.2) is 0 Å². The molecule has 0 aliphatic heterocycles. The molecule has 2 N–H and O–H groups in total. The fourth-order valence-electron chi connectivity index (χ4n) is 1.72. The van der Waals surface area contributed by atoms with Crippen LogP contribution in [0.5, 0.6) is 0 Å². The maximum atomic E-state index is 11.8. The Bertz CT molecular complexity index is 531. The van der Waals surface area contributed by atoms with Crippen LogP contribution in [0.25, 0.3) is 0 Å². The average molecular weight is 327 g/mol. The Morgan fingerprint density at radius 2 is 1.82 bits per heavy atom. The molecule has 1 aromatic rings. The fraction of sp³-hybridized carbons (Fsp3) is 0.400. The van der Waals surface area contributed by atoms with Gasteiger partial charge in [0.25, 0.3) is 5.91 Å². The van der Waals surface area contributed by atoms with Crippen molar-refractivity contribution in [3.8, 4) is 0 Å². The summed E-state index contributed by atoms with van der Waals surface area (Å²) in [6.45, 7) is 0.561. The van der Waals surface area contributed by atoms with Gasteiger partial charge in [-0.05, 0) is 30.7 Å². The first-order valence-electron chi connectivity index (χ1n) is 6.89. The van der Waals surface area contributed by atoms with E-state index in [0.717, 1.165) is 0 Å². The zero-order valence-corrected chi connectivity index (χ0v) is 13.1. The number of carboxylic acids is 1. The van der Waals surface area contributed by atoms with Gasteiger partial charge < -0.3 is 15.3 Å². The SMILES string of the molecule is CN(CCC(=O)O)C(=O)CCCNC(=O)c1ccc(Cl)cc1. The third-order valence-electron chi connectivity index (χ3n) is 3.05. The molecule has 0 aliphatic carbocycles. The number of aliphatic carboxylic acids is 1. The van der Waals surface area contributed by atoms with Crippen LogP contribution in [-0.2, 0) is 9.59 Å². The lowest BCUT2D eigenvalue weighted by Crippen LogP contribution is -2.30. The fourth-order valence-corrected chi connectivity index (χ4v) is 1.85. The Hall–Kier alpha value is -2.08. The molecule has 1 rings (SSSR count). The lowest BCUT2D eigenvalue weighted by atomic mass is 10.2. The standard InChI is InChI=1S/C15H19ClN2O4/c1-18(10-8-14(20)21)13(19)3-2-9-17-15(22)11-4-6-12(16)7-5-11/h4-7H,2-3,8-10H2,1H3,(H,17,22)(H,20,21). The molecular formula is C15H19ClN2O4.